The van der Waals surface area contributed by atoms with Gasteiger partial charge in [-0.05, 0) is 0 Å². The van der Waals surface area contributed by atoms with E-state index in [4.69, 9.17) is 9.47 Å². The van der Waals surface area contributed by atoms with Crippen molar-refractivity contribution in [2.45, 2.75) is 4.34 Å². The molecule has 0 fully saturated rings. The molecule has 0 aliphatic heterocycles. The summed E-state index contributed by atoms with van der Waals surface area (Å²) in [5, 5.41) is 18.6. The molecule has 0 aliphatic carbocycles. The molecule has 0 spiro atoms. The number of methoxy groups -OCH3 is 2. The van der Waals surface area contributed by atoms with Crippen LogP contribution in [0.2, 0.25) is 0 Å². The first-order valence-electron chi connectivity index (χ1n) is 5.72. The maximum absolute atomic E-state index is 11.4. The summed E-state index contributed by atoms with van der Waals surface area (Å²) in [6, 6.07) is 2.55. The fourth-order valence-corrected chi connectivity index (χ4v) is 3.29. The molecule has 11 heteroatoms. The summed E-state index contributed by atoms with van der Waals surface area (Å²) in [7, 11) is -0.793. The molecular weight excluding hydrogens is 334 g/mol. The van der Waals surface area contributed by atoms with Crippen LogP contribution < -0.4 is 9.47 Å². The highest BCUT2D eigenvalue weighted by molar-refractivity contribution is 7.92. The van der Waals surface area contributed by atoms with Crippen LogP contribution in [0, 0.1) is 10.1 Å². The van der Waals surface area contributed by atoms with E-state index < -0.39 is 14.8 Å². The highest BCUT2D eigenvalue weighted by Crippen LogP contribution is 2.41. The molecule has 0 atom stereocenters. The highest BCUT2D eigenvalue weighted by atomic mass is 32.2. The number of nitro benzene ring substituents is 1. The van der Waals surface area contributed by atoms with Crippen molar-refractivity contribution in [3.63, 3.8) is 0 Å². The van der Waals surface area contributed by atoms with Crippen molar-refractivity contribution in [3.8, 4) is 22.1 Å². The normalized spacial score (nSPS) is 11.2. The van der Waals surface area contributed by atoms with Crippen molar-refractivity contribution in [2.75, 3.05) is 20.5 Å². The molecule has 0 bridgehead atoms. The molecule has 0 N–H and O–H groups in total. The number of nitro groups is 1. The lowest BCUT2D eigenvalue weighted by molar-refractivity contribution is -0.384. The first kappa shape index (κ1) is 16.1. The van der Waals surface area contributed by atoms with Crippen molar-refractivity contribution in [1.29, 1.82) is 0 Å². The lowest BCUT2D eigenvalue weighted by Gasteiger charge is -2.08. The van der Waals surface area contributed by atoms with E-state index in [9.17, 15) is 18.5 Å². The van der Waals surface area contributed by atoms with Crippen molar-refractivity contribution >= 4 is 26.9 Å². The summed E-state index contributed by atoms with van der Waals surface area (Å²) >= 11 is 0.746. The van der Waals surface area contributed by atoms with Crippen LogP contribution in [0.25, 0.3) is 10.6 Å². The topological polar surface area (TPSA) is 122 Å². The van der Waals surface area contributed by atoms with Crippen molar-refractivity contribution in [1.82, 2.24) is 10.2 Å². The molecule has 1 aromatic heterocycles. The Hall–Kier alpha value is -2.27. The molecule has 0 radical (unpaired) electrons. The molecule has 0 saturated carbocycles. The Kier molecular flexibility index (Phi) is 4.28. The lowest BCUT2D eigenvalue weighted by atomic mass is 10.1. The molecular formula is C11H11N3O6S2. The zero-order valence-electron chi connectivity index (χ0n) is 11.8. The van der Waals surface area contributed by atoms with E-state index in [1.807, 2.05) is 0 Å². The van der Waals surface area contributed by atoms with E-state index >= 15 is 0 Å². The Morgan fingerprint density at radius 3 is 2.23 bits per heavy atom. The summed E-state index contributed by atoms with van der Waals surface area (Å²) < 4.78 is 32.8. The van der Waals surface area contributed by atoms with E-state index in [0.717, 1.165) is 17.6 Å². The van der Waals surface area contributed by atoms with Gasteiger partial charge >= 0.3 is 0 Å². The van der Waals surface area contributed by atoms with Gasteiger partial charge in [0.2, 0.25) is 14.2 Å². The molecule has 2 rings (SSSR count). The molecule has 0 aliphatic rings. The number of rotatable bonds is 5. The average molecular weight is 345 g/mol. The first-order valence-corrected chi connectivity index (χ1v) is 8.43. The maximum atomic E-state index is 11.4. The third-order valence-electron chi connectivity index (χ3n) is 2.65. The zero-order valence-corrected chi connectivity index (χ0v) is 13.4. The van der Waals surface area contributed by atoms with Crippen molar-refractivity contribution < 1.29 is 22.8 Å². The lowest BCUT2D eigenvalue weighted by Crippen LogP contribution is -1.96. The summed E-state index contributed by atoms with van der Waals surface area (Å²) in [5.74, 6) is 0.449. The predicted molar refractivity (Wildman–Crippen MR) is 78.2 cm³/mol. The monoisotopic (exact) mass is 345 g/mol. The maximum Gasteiger partial charge on any atom is 0.283 e. The van der Waals surface area contributed by atoms with E-state index in [1.54, 1.807) is 0 Å². The van der Waals surface area contributed by atoms with Gasteiger partial charge in [-0.15, -0.1) is 10.2 Å². The van der Waals surface area contributed by atoms with Crippen molar-refractivity contribution in [2.24, 2.45) is 0 Å². The smallest absolute Gasteiger partial charge is 0.283 e. The van der Waals surface area contributed by atoms with Gasteiger partial charge in [-0.3, -0.25) is 10.1 Å². The third-order valence-corrected chi connectivity index (χ3v) is 5.28. The third kappa shape index (κ3) is 2.99. The molecule has 22 heavy (non-hydrogen) atoms. The number of aromatic nitrogens is 2. The Morgan fingerprint density at radius 2 is 1.77 bits per heavy atom. The first-order chi connectivity index (χ1) is 10.3. The van der Waals surface area contributed by atoms with Crippen LogP contribution in [-0.4, -0.2) is 44.0 Å². The van der Waals surface area contributed by atoms with Gasteiger partial charge in [-0.25, -0.2) is 8.42 Å². The fraction of sp³-hybridized carbons (Fsp3) is 0.273. The van der Waals surface area contributed by atoms with E-state index in [-0.39, 0.29) is 32.1 Å². The van der Waals surface area contributed by atoms with Crippen LogP contribution in [0.15, 0.2) is 16.5 Å². The summed E-state index contributed by atoms with van der Waals surface area (Å²) in [4.78, 5) is 10.6. The molecule has 9 nitrogen and oxygen atoms in total. The van der Waals surface area contributed by atoms with Crippen LogP contribution in [0.3, 0.4) is 0 Å². The van der Waals surface area contributed by atoms with Crippen LogP contribution in [-0.2, 0) is 9.84 Å². The van der Waals surface area contributed by atoms with Crippen LogP contribution >= 0.6 is 11.3 Å². The van der Waals surface area contributed by atoms with Gasteiger partial charge in [0.25, 0.3) is 5.69 Å². The summed E-state index contributed by atoms with van der Waals surface area (Å²) in [6.45, 7) is 0. The largest absolute Gasteiger partial charge is 0.493 e. The number of ether oxygens (including phenoxy) is 2. The van der Waals surface area contributed by atoms with Crippen LogP contribution in [0.4, 0.5) is 5.69 Å². The van der Waals surface area contributed by atoms with Crippen molar-refractivity contribution in [3.05, 3.63) is 22.2 Å². The molecule has 1 heterocycles. The number of nitrogens with zero attached hydrogens (tertiary/aromatic N) is 3. The van der Waals surface area contributed by atoms with E-state index in [0.29, 0.717) is 0 Å². The molecule has 0 amide bonds. The zero-order chi connectivity index (χ0) is 16.5. The SMILES string of the molecule is COc1cc(-c2nnc(S(C)(=O)=O)s2)c([N+](=O)[O-])cc1OC. The fourth-order valence-electron chi connectivity index (χ4n) is 1.66. The second kappa shape index (κ2) is 5.85. The number of benzene rings is 1. The Morgan fingerprint density at radius 1 is 1.18 bits per heavy atom. The molecule has 0 saturated heterocycles. The number of hydrogen-bond donors (Lipinski definition) is 0. The Labute approximate surface area is 129 Å². The van der Waals surface area contributed by atoms with Gasteiger partial charge in [0.05, 0.1) is 30.8 Å². The van der Waals surface area contributed by atoms with Crippen LogP contribution in [0.5, 0.6) is 11.5 Å². The Bertz CT molecular complexity index is 830. The number of hydrogen-bond acceptors (Lipinski definition) is 9. The Balaban J connectivity index is 2.68. The second-order valence-electron chi connectivity index (χ2n) is 4.13. The average Bonchev–Trinajstić information content (AvgIpc) is 2.95. The minimum absolute atomic E-state index is 0.105. The van der Waals surface area contributed by atoms with E-state index in [2.05, 4.69) is 10.2 Å². The molecule has 0 unspecified atom stereocenters. The van der Waals surface area contributed by atoms with Gasteiger partial charge in [-0.2, -0.15) is 0 Å². The second-order valence-corrected chi connectivity index (χ2v) is 7.29. The standard InChI is InChI=1S/C11H11N3O6S2/c1-19-8-4-6(7(14(15)16)5-9(8)20-2)10-12-13-11(21-10)22(3,17)18/h4-5H,1-3H3. The van der Waals surface area contributed by atoms with Crippen LogP contribution in [0.1, 0.15) is 0 Å². The van der Waals surface area contributed by atoms with Gasteiger partial charge in [0.1, 0.15) is 0 Å². The van der Waals surface area contributed by atoms with Gasteiger partial charge in [0, 0.05) is 12.3 Å². The van der Waals surface area contributed by atoms with Gasteiger partial charge in [0.15, 0.2) is 16.5 Å². The minimum atomic E-state index is -3.53. The highest BCUT2D eigenvalue weighted by Gasteiger charge is 2.25. The molecule has 1 aromatic carbocycles. The predicted octanol–water partition coefficient (Wildman–Crippen LogP) is 1.53. The van der Waals surface area contributed by atoms with Gasteiger partial charge in [-0.1, -0.05) is 11.3 Å². The minimum Gasteiger partial charge on any atom is -0.493 e. The van der Waals surface area contributed by atoms with Gasteiger partial charge < -0.3 is 9.47 Å². The molecule has 118 valence electrons. The summed E-state index contributed by atoms with van der Waals surface area (Å²) in [5.41, 5.74) is -0.177. The van der Waals surface area contributed by atoms with E-state index in [1.165, 1.54) is 26.4 Å². The summed E-state index contributed by atoms with van der Waals surface area (Å²) in [6.07, 6.45) is 0.986. The number of sulfone groups is 1. The molecule has 2 aromatic rings. The quantitative estimate of drug-likeness (QED) is 0.591.